The number of benzene rings is 1. The number of urea groups is 1. The van der Waals surface area contributed by atoms with Crippen LogP contribution in [-0.4, -0.2) is 6.03 Å². The van der Waals surface area contributed by atoms with Gasteiger partial charge in [-0.15, -0.1) is 0 Å². The number of nitrogens with two attached hydrogens (primary N) is 1. The van der Waals surface area contributed by atoms with Crippen molar-refractivity contribution in [3.8, 4) is 0 Å². The SMILES string of the molecule is NC(=O)N/C=C/c1ccccc1. The Morgan fingerprint density at radius 1 is 1.33 bits per heavy atom. The molecule has 62 valence electrons. The maximum Gasteiger partial charge on any atom is 0.316 e. The third-order valence-corrected chi connectivity index (χ3v) is 1.30. The first-order valence-corrected chi connectivity index (χ1v) is 3.56. The summed E-state index contributed by atoms with van der Waals surface area (Å²) in [6.45, 7) is 0. The second-order valence-electron chi connectivity index (χ2n) is 2.25. The van der Waals surface area contributed by atoms with Crippen molar-refractivity contribution in [2.75, 3.05) is 0 Å². The van der Waals surface area contributed by atoms with Gasteiger partial charge in [0, 0.05) is 6.20 Å². The largest absolute Gasteiger partial charge is 0.351 e. The molecule has 3 nitrogen and oxygen atoms in total. The molecule has 0 radical (unpaired) electrons. The van der Waals surface area contributed by atoms with E-state index in [1.54, 1.807) is 6.08 Å². The summed E-state index contributed by atoms with van der Waals surface area (Å²) >= 11 is 0. The molecule has 1 rings (SSSR count). The molecular formula is C9H10N2O. The molecule has 0 aliphatic heterocycles. The molecule has 0 atom stereocenters. The topological polar surface area (TPSA) is 55.1 Å². The quantitative estimate of drug-likeness (QED) is 0.677. The summed E-state index contributed by atoms with van der Waals surface area (Å²) in [6, 6.07) is 9.08. The minimum absolute atomic E-state index is 0.554. The van der Waals surface area contributed by atoms with Crippen LogP contribution in [0.15, 0.2) is 36.5 Å². The Bertz CT molecular complexity index is 280. The van der Waals surface area contributed by atoms with E-state index >= 15 is 0 Å². The highest BCUT2D eigenvalue weighted by Gasteiger charge is 1.84. The van der Waals surface area contributed by atoms with Gasteiger partial charge in [0.1, 0.15) is 0 Å². The van der Waals surface area contributed by atoms with Crippen LogP contribution in [0, 0.1) is 0 Å². The lowest BCUT2D eigenvalue weighted by atomic mass is 10.2. The molecule has 1 aromatic carbocycles. The van der Waals surface area contributed by atoms with Crippen molar-refractivity contribution in [1.29, 1.82) is 0 Å². The number of hydrogen-bond donors (Lipinski definition) is 2. The van der Waals surface area contributed by atoms with Crippen molar-refractivity contribution in [1.82, 2.24) is 5.32 Å². The van der Waals surface area contributed by atoms with Crippen LogP contribution in [0.25, 0.3) is 6.08 Å². The molecule has 0 heterocycles. The van der Waals surface area contributed by atoms with Crippen molar-refractivity contribution in [2.24, 2.45) is 5.73 Å². The number of carbonyl (C=O) groups is 1. The number of amides is 2. The first-order valence-electron chi connectivity index (χ1n) is 3.56. The van der Waals surface area contributed by atoms with Gasteiger partial charge in [-0.05, 0) is 11.6 Å². The summed E-state index contributed by atoms with van der Waals surface area (Å²) in [5.74, 6) is 0. The average Bonchev–Trinajstić information content (AvgIpc) is 2.05. The van der Waals surface area contributed by atoms with E-state index in [9.17, 15) is 4.79 Å². The van der Waals surface area contributed by atoms with E-state index < -0.39 is 6.03 Å². The Labute approximate surface area is 70.9 Å². The fraction of sp³-hybridized carbons (Fsp3) is 0. The summed E-state index contributed by atoms with van der Waals surface area (Å²) in [7, 11) is 0. The van der Waals surface area contributed by atoms with E-state index in [2.05, 4.69) is 5.32 Å². The Hall–Kier alpha value is -1.77. The van der Waals surface area contributed by atoms with Gasteiger partial charge in [-0.25, -0.2) is 4.79 Å². The highest BCUT2D eigenvalue weighted by Crippen LogP contribution is 1.99. The third-order valence-electron chi connectivity index (χ3n) is 1.30. The molecule has 0 aromatic heterocycles. The van der Waals surface area contributed by atoms with Crippen molar-refractivity contribution in [3.63, 3.8) is 0 Å². The zero-order chi connectivity index (χ0) is 8.81. The minimum atomic E-state index is -0.554. The van der Waals surface area contributed by atoms with Crippen LogP contribution in [0.5, 0.6) is 0 Å². The Morgan fingerprint density at radius 2 is 2.00 bits per heavy atom. The van der Waals surface area contributed by atoms with Crippen LogP contribution in [0.1, 0.15) is 5.56 Å². The lowest BCUT2D eigenvalue weighted by molar-refractivity contribution is 0.252. The van der Waals surface area contributed by atoms with Crippen LogP contribution in [-0.2, 0) is 0 Å². The summed E-state index contributed by atoms with van der Waals surface area (Å²) in [5, 5.41) is 2.35. The van der Waals surface area contributed by atoms with Crippen LogP contribution >= 0.6 is 0 Å². The van der Waals surface area contributed by atoms with Gasteiger partial charge in [0.15, 0.2) is 0 Å². The molecule has 2 amide bonds. The van der Waals surface area contributed by atoms with E-state index in [0.717, 1.165) is 5.56 Å². The normalized spacial score (nSPS) is 10.0. The molecule has 0 saturated carbocycles. The molecule has 0 aliphatic carbocycles. The molecular weight excluding hydrogens is 152 g/mol. The van der Waals surface area contributed by atoms with E-state index in [1.807, 2.05) is 30.3 Å². The molecule has 0 saturated heterocycles. The van der Waals surface area contributed by atoms with Crippen LogP contribution < -0.4 is 11.1 Å². The van der Waals surface area contributed by atoms with Gasteiger partial charge < -0.3 is 11.1 Å². The predicted molar refractivity (Wildman–Crippen MR) is 48.2 cm³/mol. The van der Waals surface area contributed by atoms with Crippen LogP contribution in [0.2, 0.25) is 0 Å². The fourth-order valence-corrected chi connectivity index (χ4v) is 0.784. The molecule has 3 heteroatoms. The number of carbonyl (C=O) groups excluding carboxylic acids is 1. The van der Waals surface area contributed by atoms with E-state index in [0.29, 0.717) is 0 Å². The minimum Gasteiger partial charge on any atom is -0.351 e. The lowest BCUT2D eigenvalue weighted by Gasteiger charge is -1.92. The van der Waals surface area contributed by atoms with Crippen LogP contribution in [0.4, 0.5) is 4.79 Å². The third kappa shape index (κ3) is 2.88. The number of nitrogens with one attached hydrogen (secondary N) is 1. The summed E-state index contributed by atoms with van der Waals surface area (Å²) in [5.41, 5.74) is 5.87. The van der Waals surface area contributed by atoms with Gasteiger partial charge in [-0.3, -0.25) is 0 Å². The van der Waals surface area contributed by atoms with Crippen LogP contribution in [0.3, 0.4) is 0 Å². The van der Waals surface area contributed by atoms with Gasteiger partial charge in [0.25, 0.3) is 0 Å². The fourth-order valence-electron chi connectivity index (χ4n) is 0.784. The zero-order valence-corrected chi connectivity index (χ0v) is 6.53. The monoisotopic (exact) mass is 162 g/mol. The second kappa shape index (κ2) is 4.18. The highest BCUT2D eigenvalue weighted by atomic mass is 16.2. The maximum atomic E-state index is 10.2. The second-order valence-corrected chi connectivity index (χ2v) is 2.25. The Kier molecular flexibility index (Phi) is 2.90. The standard InChI is InChI=1S/C9H10N2O/c10-9(12)11-7-6-8-4-2-1-3-5-8/h1-7H,(H3,10,11,12)/b7-6+. The van der Waals surface area contributed by atoms with Gasteiger partial charge in [-0.1, -0.05) is 30.3 Å². The van der Waals surface area contributed by atoms with Crippen molar-refractivity contribution in [3.05, 3.63) is 42.1 Å². The maximum absolute atomic E-state index is 10.2. The highest BCUT2D eigenvalue weighted by molar-refractivity contribution is 5.73. The van der Waals surface area contributed by atoms with E-state index in [4.69, 9.17) is 5.73 Å². The first kappa shape index (κ1) is 8.33. The van der Waals surface area contributed by atoms with E-state index in [1.165, 1.54) is 6.20 Å². The predicted octanol–water partition coefficient (Wildman–Crippen LogP) is 1.33. The van der Waals surface area contributed by atoms with E-state index in [-0.39, 0.29) is 0 Å². The summed E-state index contributed by atoms with van der Waals surface area (Å²) in [4.78, 5) is 10.2. The molecule has 0 fully saturated rings. The number of primary amides is 1. The molecule has 0 unspecified atom stereocenters. The molecule has 0 spiro atoms. The van der Waals surface area contributed by atoms with Gasteiger partial charge in [-0.2, -0.15) is 0 Å². The molecule has 1 aromatic rings. The van der Waals surface area contributed by atoms with Crippen molar-refractivity contribution < 1.29 is 4.79 Å². The average molecular weight is 162 g/mol. The molecule has 0 bridgehead atoms. The molecule has 0 aliphatic rings. The molecule has 12 heavy (non-hydrogen) atoms. The van der Waals surface area contributed by atoms with Gasteiger partial charge in [0.2, 0.25) is 0 Å². The Balaban J connectivity index is 2.52. The smallest absolute Gasteiger partial charge is 0.316 e. The lowest BCUT2D eigenvalue weighted by Crippen LogP contribution is -2.23. The number of rotatable bonds is 2. The molecule has 3 N–H and O–H groups in total. The van der Waals surface area contributed by atoms with Gasteiger partial charge in [0.05, 0.1) is 0 Å². The number of hydrogen-bond acceptors (Lipinski definition) is 1. The first-order chi connectivity index (χ1) is 5.79. The van der Waals surface area contributed by atoms with Crippen molar-refractivity contribution >= 4 is 12.1 Å². The van der Waals surface area contributed by atoms with Gasteiger partial charge >= 0.3 is 6.03 Å². The summed E-state index contributed by atoms with van der Waals surface area (Å²) < 4.78 is 0. The Morgan fingerprint density at radius 3 is 2.58 bits per heavy atom. The zero-order valence-electron chi connectivity index (χ0n) is 6.53. The van der Waals surface area contributed by atoms with Crippen molar-refractivity contribution in [2.45, 2.75) is 0 Å². The summed E-state index contributed by atoms with van der Waals surface area (Å²) in [6.07, 6.45) is 3.28.